The predicted molar refractivity (Wildman–Crippen MR) is 64.0 cm³/mol. The second kappa shape index (κ2) is 6.26. The summed E-state index contributed by atoms with van der Waals surface area (Å²) in [4.78, 5) is 12.4. The van der Waals surface area contributed by atoms with E-state index in [9.17, 15) is 4.79 Å². The number of halogens is 3. The third-order valence-corrected chi connectivity index (χ3v) is 3.15. The number of nitrogens with one attached hydrogen (secondary N) is 2. The van der Waals surface area contributed by atoms with Gasteiger partial charge >= 0.3 is 0 Å². The summed E-state index contributed by atoms with van der Waals surface area (Å²) in [6.07, 6.45) is -0.144. The topological polar surface area (TPSA) is 42.8 Å². The van der Waals surface area contributed by atoms with Crippen molar-refractivity contribution in [2.24, 2.45) is 0 Å². The predicted octanol–water partition coefficient (Wildman–Crippen LogP) is 0.124. The number of hydrogen-bond donors (Lipinski definition) is 2. The van der Waals surface area contributed by atoms with Gasteiger partial charge in [0.2, 0.25) is 12.1 Å². The van der Waals surface area contributed by atoms with Crippen LogP contribution in [-0.2, 0) is 9.53 Å². The zero-order valence-electron chi connectivity index (χ0n) is 9.06. The average Bonchev–Trinajstić information content (AvgIpc) is 2.25. The molecule has 0 radical (unpaired) electrons. The maximum atomic E-state index is 11.4. The average molecular weight is 291 g/mol. The van der Waals surface area contributed by atoms with Crippen LogP contribution in [0.5, 0.6) is 0 Å². The Balaban J connectivity index is 2.66. The summed E-state index contributed by atoms with van der Waals surface area (Å²) in [5, 5.41) is 2.75. The summed E-state index contributed by atoms with van der Waals surface area (Å²) in [6.45, 7) is 4.45. The Labute approximate surface area is 110 Å². The van der Waals surface area contributed by atoms with Crippen molar-refractivity contribution < 1.29 is 14.4 Å². The van der Waals surface area contributed by atoms with Crippen molar-refractivity contribution in [3.63, 3.8) is 0 Å². The summed E-state index contributed by atoms with van der Waals surface area (Å²) in [6, 6.07) is 0. The monoisotopic (exact) mass is 289 g/mol. The lowest BCUT2D eigenvalue weighted by molar-refractivity contribution is -0.934. The number of ether oxygens (including phenoxy) is 1. The van der Waals surface area contributed by atoms with Crippen LogP contribution in [0, 0.1) is 0 Å². The Morgan fingerprint density at radius 1 is 1.44 bits per heavy atom. The third-order valence-electron chi connectivity index (χ3n) is 2.50. The van der Waals surface area contributed by atoms with Gasteiger partial charge in [0, 0.05) is 6.42 Å². The van der Waals surface area contributed by atoms with Crippen molar-refractivity contribution in [1.82, 2.24) is 5.32 Å². The van der Waals surface area contributed by atoms with Crippen LogP contribution in [-0.4, -0.2) is 42.2 Å². The van der Waals surface area contributed by atoms with E-state index in [4.69, 9.17) is 39.5 Å². The van der Waals surface area contributed by atoms with Gasteiger partial charge in [-0.3, -0.25) is 4.79 Å². The number of carbonyl (C=O) groups is 1. The highest BCUT2D eigenvalue weighted by Gasteiger charge is 2.42. The van der Waals surface area contributed by atoms with Crippen LogP contribution in [0.2, 0.25) is 0 Å². The summed E-state index contributed by atoms with van der Waals surface area (Å²) in [5.41, 5.74) is 0. The first kappa shape index (κ1) is 14.3. The van der Waals surface area contributed by atoms with Crippen molar-refractivity contribution in [1.29, 1.82) is 0 Å². The van der Waals surface area contributed by atoms with E-state index in [1.807, 2.05) is 0 Å². The van der Waals surface area contributed by atoms with Crippen LogP contribution in [0.4, 0.5) is 0 Å². The highest BCUT2D eigenvalue weighted by molar-refractivity contribution is 6.68. The van der Waals surface area contributed by atoms with E-state index in [2.05, 4.69) is 5.32 Å². The summed E-state index contributed by atoms with van der Waals surface area (Å²) in [7, 11) is 0. The molecule has 2 N–H and O–H groups in total. The molecule has 0 aliphatic carbocycles. The van der Waals surface area contributed by atoms with Crippen LogP contribution in [0.15, 0.2) is 0 Å². The number of alkyl halides is 3. The van der Waals surface area contributed by atoms with Gasteiger partial charge in [0.1, 0.15) is 13.1 Å². The Morgan fingerprint density at radius 3 is 2.44 bits per heavy atom. The Kier molecular flexibility index (Phi) is 5.61. The molecule has 7 heteroatoms. The van der Waals surface area contributed by atoms with Gasteiger partial charge in [0.15, 0.2) is 0 Å². The number of quaternary nitrogens is 1. The van der Waals surface area contributed by atoms with Gasteiger partial charge in [-0.1, -0.05) is 41.7 Å². The molecule has 1 aliphatic heterocycles. The molecule has 0 unspecified atom stereocenters. The quantitative estimate of drug-likeness (QED) is 0.725. The number of rotatable bonds is 3. The fourth-order valence-corrected chi connectivity index (χ4v) is 2.23. The molecular weight excluding hydrogens is 274 g/mol. The van der Waals surface area contributed by atoms with Gasteiger partial charge < -0.3 is 15.0 Å². The molecule has 16 heavy (non-hydrogen) atoms. The van der Waals surface area contributed by atoms with Crippen molar-refractivity contribution in [2.75, 3.05) is 26.3 Å². The lowest BCUT2D eigenvalue weighted by Crippen LogP contribution is -3.21. The maximum absolute atomic E-state index is 11.4. The lowest BCUT2D eigenvalue weighted by atomic mass is 10.3. The first-order valence-corrected chi connectivity index (χ1v) is 6.37. The Morgan fingerprint density at radius 2 is 2.00 bits per heavy atom. The summed E-state index contributed by atoms with van der Waals surface area (Å²) >= 11 is 17.7. The molecule has 0 aromatic heterocycles. The van der Waals surface area contributed by atoms with Gasteiger partial charge in [-0.15, -0.1) is 0 Å². The summed E-state index contributed by atoms with van der Waals surface area (Å²) < 4.78 is 3.73. The van der Waals surface area contributed by atoms with E-state index in [0.29, 0.717) is 19.6 Å². The molecule has 0 aromatic rings. The molecule has 1 heterocycles. The Hall–Kier alpha value is 0.260. The number of morpholine rings is 1. The van der Waals surface area contributed by atoms with Gasteiger partial charge in [-0.05, 0) is 0 Å². The fourth-order valence-electron chi connectivity index (χ4n) is 1.60. The SMILES string of the molecule is CCC(=O)N[C@@H]([NH+]1CCOCC1)C(Cl)(Cl)Cl. The highest BCUT2D eigenvalue weighted by Crippen LogP contribution is 2.27. The third kappa shape index (κ3) is 4.26. The molecule has 0 bridgehead atoms. The number of carbonyl (C=O) groups excluding carboxylic acids is 1. The zero-order valence-corrected chi connectivity index (χ0v) is 11.3. The molecule has 0 aromatic carbocycles. The highest BCUT2D eigenvalue weighted by atomic mass is 35.6. The molecule has 1 aliphatic rings. The minimum Gasteiger partial charge on any atom is -0.370 e. The van der Waals surface area contributed by atoms with E-state index < -0.39 is 9.96 Å². The van der Waals surface area contributed by atoms with Gasteiger partial charge in [-0.25, -0.2) is 0 Å². The number of amides is 1. The summed E-state index contributed by atoms with van der Waals surface area (Å²) in [5.74, 6) is -0.115. The van der Waals surface area contributed by atoms with E-state index in [0.717, 1.165) is 18.0 Å². The maximum Gasteiger partial charge on any atom is 0.262 e. The first-order valence-electron chi connectivity index (χ1n) is 5.23. The van der Waals surface area contributed by atoms with Crippen LogP contribution < -0.4 is 10.2 Å². The van der Waals surface area contributed by atoms with Gasteiger partial charge in [-0.2, -0.15) is 0 Å². The molecule has 1 rings (SSSR count). The zero-order chi connectivity index (χ0) is 12.2. The molecule has 1 amide bonds. The van der Waals surface area contributed by atoms with E-state index in [1.54, 1.807) is 6.92 Å². The van der Waals surface area contributed by atoms with Gasteiger partial charge in [0.25, 0.3) is 3.79 Å². The van der Waals surface area contributed by atoms with Crippen LogP contribution in [0.25, 0.3) is 0 Å². The second-order valence-corrected chi connectivity index (χ2v) is 6.04. The van der Waals surface area contributed by atoms with Gasteiger partial charge in [0.05, 0.1) is 13.2 Å². The molecular formula is C9H16Cl3N2O2+. The molecule has 1 fully saturated rings. The van der Waals surface area contributed by atoms with E-state index in [1.165, 1.54) is 0 Å². The van der Waals surface area contributed by atoms with Crippen molar-refractivity contribution >= 4 is 40.7 Å². The van der Waals surface area contributed by atoms with Crippen LogP contribution in [0.1, 0.15) is 13.3 Å². The molecule has 0 spiro atoms. The van der Waals surface area contributed by atoms with Crippen molar-refractivity contribution in [3.05, 3.63) is 0 Å². The smallest absolute Gasteiger partial charge is 0.262 e. The second-order valence-electron chi connectivity index (χ2n) is 3.67. The Bertz CT molecular complexity index is 239. The van der Waals surface area contributed by atoms with Crippen molar-refractivity contribution in [2.45, 2.75) is 23.3 Å². The largest absolute Gasteiger partial charge is 0.370 e. The normalized spacial score (nSPS) is 20.5. The molecule has 1 saturated heterocycles. The van der Waals surface area contributed by atoms with Crippen LogP contribution in [0.3, 0.4) is 0 Å². The molecule has 0 saturated carbocycles. The van der Waals surface area contributed by atoms with E-state index >= 15 is 0 Å². The lowest BCUT2D eigenvalue weighted by Gasteiger charge is -2.35. The number of hydrogen-bond acceptors (Lipinski definition) is 2. The van der Waals surface area contributed by atoms with Crippen LogP contribution >= 0.6 is 34.8 Å². The molecule has 94 valence electrons. The minimum absolute atomic E-state index is 0.115. The fraction of sp³-hybridized carbons (Fsp3) is 0.889. The molecule has 1 atom stereocenters. The minimum atomic E-state index is -1.50. The molecule has 4 nitrogen and oxygen atoms in total. The van der Waals surface area contributed by atoms with Crippen molar-refractivity contribution in [3.8, 4) is 0 Å². The first-order chi connectivity index (χ1) is 7.45. The van der Waals surface area contributed by atoms with E-state index in [-0.39, 0.29) is 5.91 Å². The standard InChI is InChI=1S/C9H15Cl3N2O2/c1-2-7(15)13-8(9(10,11)12)14-3-5-16-6-4-14/h8H,2-6H2,1H3,(H,13,15)/p+1/t8-/m0/s1.